The number of halogens is 1. The van der Waals surface area contributed by atoms with Crippen LogP contribution in [0.4, 0.5) is 0 Å². The van der Waals surface area contributed by atoms with Crippen LogP contribution in [0.2, 0.25) is 5.02 Å². The minimum absolute atomic E-state index is 0.204. The molecule has 0 saturated carbocycles. The number of hydrogen-bond acceptors (Lipinski definition) is 6. The summed E-state index contributed by atoms with van der Waals surface area (Å²) in [5, 5.41) is 4.99. The van der Waals surface area contributed by atoms with Crippen molar-refractivity contribution >= 4 is 34.0 Å². The molecule has 148 valence electrons. The molecule has 4 rings (SSSR count). The Hall–Kier alpha value is -2.90. The van der Waals surface area contributed by atoms with Gasteiger partial charge in [0.2, 0.25) is 4.96 Å². The lowest BCUT2D eigenvalue weighted by molar-refractivity contribution is 0.287. The first-order valence-corrected chi connectivity index (χ1v) is 10.4. The minimum Gasteiger partial charge on any atom is -0.490 e. The molecule has 0 spiro atoms. The fraction of sp³-hybridized carbons (Fsp3) is 0.190. The lowest BCUT2D eigenvalue weighted by atomic mass is 10.2. The van der Waals surface area contributed by atoms with Crippen molar-refractivity contribution in [2.45, 2.75) is 13.8 Å². The molecule has 8 heteroatoms. The van der Waals surface area contributed by atoms with E-state index >= 15 is 0 Å². The van der Waals surface area contributed by atoms with E-state index in [1.54, 1.807) is 12.1 Å². The van der Waals surface area contributed by atoms with Gasteiger partial charge in [-0.25, -0.2) is 0 Å². The predicted molar refractivity (Wildman–Crippen MR) is 115 cm³/mol. The van der Waals surface area contributed by atoms with Gasteiger partial charge in [-0.1, -0.05) is 29.0 Å². The molecule has 2 aromatic carbocycles. The van der Waals surface area contributed by atoms with Gasteiger partial charge < -0.3 is 9.47 Å². The van der Waals surface area contributed by atoms with Gasteiger partial charge in [-0.3, -0.25) is 4.79 Å². The maximum atomic E-state index is 12.8. The number of fused-ring (bicyclic) bond motifs is 1. The van der Waals surface area contributed by atoms with Gasteiger partial charge in [-0.15, -0.1) is 5.10 Å². The van der Waals surface area contributed by atoms with Crippen molar-refractivity contribution < 1.29 is 9.47 Å². The molecule has 0 fully saturated rings. The van der Waals surface area contributed by atoms with Gasteiger partial charge in [0.25, 0.3) is 5.56 Å². The summed E-state index contributed by atoms with van der Waals surface area (Å²) in [4.78, 5) is 17.8. The maximum Gasteiger partial charge on any atom is 0.291 e. The normalized spacial score (nSPS) is 11.9. The Morgan fingerprint density at radius 1 is 1.07 bits per heavy atom. The quantitative estimate of drug-likeness (QED) is 0.468. The van der Waals surface area contributed by atoms with E-state index in [2.05, 4.69) is 10.1 Å². The first kappa shape index (κ1) is 19.4. The number of thiazole rings is 1. The molecule has 0 amide bonds. The zero-order chi connectivity index (χ0) is 20.4. The summed E-state index contributed by atoms with van der Waals surface area (Å²) in [6.45, 7) is 4.92. The molecule has 29 heavy (non-hydrogen) atoms. The van der Waals surface area contributed by atoms with E-state index in [1.165, 1.54) is 15.9 Å². The zero-order valence-electron chi connectivity index (χ0n) is 15.9. The average molecular weight is 428 g/mol. The summed E-state index contributed by atoms with van der Waals surface area (Å²) in [5.41, 5.74) is 1.45. The Bertz CT molecular complexity index is 1270. The molecule has 0 aliphatic rings. The van der Waals surface area contributed by atoms with E-state index in [1.807, 2.05) is 50.3 Å². The first-order chi connectivity index (χ1) is 14.1. The standard InChI is InChI=1S/C21H18ClN3O3S/c1-3-27-16-10-5-13(11-17(16)28-4-2)12-18-20(26)25-21(29-18)23-19(24-25)14-6-8-15(22)9-7-14/h5-12H,3-4H2,1-2H3/b18-12-. The largest absolute Gasteiger partial charge is 0.490 e. The molecule has 6 nitrogen and oxygen atoms in total. The number of rotatable bonds is 6. The number of benzene rings is 2. The van der Waals surface area contributed by atoms with Crippen molar-refractivity contribution in [3.8, 4) is 22.9 Å². The second-order valence-corrected chi connectivity index (χ2v) is 7.57. The molecule has 0 aliphatic carbocycles. The summed E-state index contributed by atoms with van der Waals surface area (Å²) < 4.78 is 13.1. The van der Waals surface area contributed by atoms with Gasteiger partial charge >= 0.3 is 0 Å². The molecule has 2 aromatic heterocycles. The SMILES string of the molecule is CCOc1ccc(/C=c2\sc3nc(-c4ccc(Cl)cc4)nn3c2=O)cc1OCC. The van der Waals surface area contributed by atoms with E-state index in [4.69, 9.17) is 21.1 Å². The third-order valence-corrected chi connectivity index (χ3v) is 5.36. The Balaban J connectivity index is 1.72. The monoisotopic (exact) mass is 427 g/mol. The molecular formula is C21H18ClN3O3S. The molecule has 0 radical (unpaired) electrons. The zero-order valence-corrected chi connectivity index (χ0v) is 17.5. The highest BCUT2D eigenvalue weighted by molar-refractivity contribution is 7.15. The lowest BCUT2D eigenvalue weighted by Gasteiger charge is -2.11. The number of hydrogen-bond donors (Lipinski definition) is 0. The molecule has 0 bridgehead atoms. The summed E-state index contributed by atoms with van der Waals surface area (Å²) in [7, 11) is 0. The smallest absolute Gasteiger partial charge is 0.291 e. The molecule has 0 aliphatic heterocycles. The molecule has 0 saturated heterocycles. The summed E-state index contributed by atoms with van der Waals surface area (Å²) in [5.74, 6) is 1.83. The van der Waals surface area contributed by atoms with Crippen molar-refractivity contribution in [3.63, 3.8) is 0 Å². The van der Waals surface area contributed by atoms with E-state index in [-0.39, 0.29) is 5.56 Å². The third-order valence-electron chi connectivity index (χ3n) is 4.15. The van der Waals surface area contributed by atoms with Crippen molar-refractivity contribution in [1.82, 2.24) is 14.6 Å². The molecule has 4 aromatic rings. The summed E-state index contributed by atoms with van der Waals surface area (Å²) >= 11 is 7.22. The van der Waals surface area contributed by atoms with Crippen molar-refractivity contribution in [1.29, 1.82) is 0 Å². The highest BCUT2D eigenvalue weighted by atomic mass is 35.5. The van der Waals surface area contributed by atoms with Gasteiger partial charge in [0, 0.05) is 10.6 Å². The topological polar surface area (TPSA) is 65.7 Å². The molecule has 0 N–H and O–H groups in total. The minimum atomic E-state index is -0.204. The van der Waals surface area contributed by atoms with Crippen LogP contribution in [0, 0.1) is 0 Å². The van der Waals surface area contributed by atoms with Gasteiger partial charge in [-0.2, -0.15) is 9.50 Å². The van der Waals surface area contributed by atoms with Crippen LogP contribution >= 0.6 is 22.9 Å². The van der Waals surface area contributed by atoms with E-state index in [0.717, 1.165) is 11.1 Å². The van der Waals surface area contributed by atoms with Crippen LogP contribution in [0.25, 0.3) is 22.4 Å². The van der Waals surface area contributed by atoms with Gasteiger partial charge in [0.15, 0.2) is 17.3 Å². The highest BCUT2D eigenvalue weighted by Gasteiger charge is 2.12. The molecular weight excluding hydrogens is 410 g/mol. The lowest BCUT2D eigenvalue weighted by Crippen LogP contribution is -2.23. The van der Waals surface area contributed by atoms with E-state index in [9.17, 15) is 4.79 Å². The van der Waals surface area contributed by atoms with Crippen LogP contribution in [0.5, 0.6) is 11.5 Å². The van der Waals surface area contributed by atoms with E-state index in [0.29, 0.717) is 45.1 Å². The second kappa shape index (κ2) is 8.23. The van der Waals surface area contributed by atoms with Crippen molar-refractivity contribution in [2.24, 2.45) is 0 Å². The van der Waals surface area contributed by atoms with Crippen LogP contribution in [0.15, 0.2) is 47.3 Å². The van der Waals surface area contributed by atoms with Gasteiger partial charge in [0.05, 0.1) is 17.7 Å². The molecule has 2 heterocycles. The number of ether oxygens (including phenoxy) is 2. The Labute approximate surface area is 176 Å². The Morgan fingerprint density at radius 2 is 1.79 bits per heavy atom. The van der Waals surface area contributed by atoms with Crippen LogP contribution in [-0.2, 0) is 0 Å². The van der Waals surface area contributed by atoms with Crippen molar-refractivity contribution in [3.05, 3.63) is 67.9 Å². The fourth-order valence-corrected chi connectivity index (χ4v) is 3.90. The molecule has 0 unspecified atom stereocenters. The average Bonchev–Trinajstić information content (AvgIpc) is 3.25. The predicted octanol–water partition coefficient (Wildman–Crippen LogP) is 3.82. The van der Waals surface area contributed by atoms with Crippen LogP contribution in [0.3, 0.4) is 0 Å². The fourth-order valence-electron chi connectivity index (χ4n) is 2.86. The number of nitrogens with zero attached hydrogens (tertiary/aromatic N) is 3. The van der Waals surface area contributed by atoms with Crippen LogP contribution in [0.1, 0.15) is 19.4 Å². The molecule has 0 atom stereocenters. The van der Waals surface area contributed by atoms with E-state index < -0.39 is 0 Å². The maximum absolute atomic E-state index is 12.8. The first-order valence-electron chi connectivity index (χ1n) is 9.16. The summed E-state index contributed by atoms with van der Waals surface area (Å²) in [6, 6.07) is 12.8. The highest BCUT2D eigenvalue weighted by Crippen LogP contribution is 2.28. The van der Waals surface area contributed by atoms with Crippen LogP contribution < -0.4 is 19.6 Å². The van der Waals surface area contributed by atoms with Crippen LogP contribution in [-0.4, -0.2) is 27.8 Å². The van der Waals surface area contributed by atoms with Crippen molar-refractivity contribution in [2.75, 3.05) is 13.2 Å². The number of aromatic nitrogens is 3. The Morgan fingerprint density at radius 3 is 2.48 bits per heavy atom. The second-order valence-electron chi connectivity index (χ2n) is 6.12. The Kier molecular flexibility index (Phi) is 5.51. The summed E-state index contributed by atoms with van der Waals surface area (Å²) in [6.07, 6.45) is 1.81. The van der Waals surface area contributed by atoms with Gasteiger partial charge in [0.1, 0.15) is 0 Å². The third kappa shape index (κ3) is 3.97. The van der Waals surface area contributed by atoms with Gasteiger partial charge in [-0.05, 0) is 61.9 Å².